The Morgan fingerprint density at radius 2 is 1.85 bits per heavy atom. The van der Waals surface area contributed by atoms with E-state index in [1.165, 1.54) is 0 Å². The van der Waals surface area contributed by atoms with E-state index in [-0.39, 0.29) is 6.03 Å². The minimum Gasteiger partial charge on any atom is -0.353 e. The Labute approximate surface area is 161 Å². The number of aryl methyl sites for hydroxylation is 1. The van der Waals surface area contributed by atoms with Crippen LogP contribution in [0.25, 0.3) is 5.65 Å². The van der Waals surface area contributed by atoms with Gasteiger partial charge in [-0.05, 0) is 49.7 Å². The summed E-state index contributed by atoms with van der Waals surface area (Å²) in [6, 6.07) is 10.9. The van der Waals surface area contributed by atoms with E-state index in [9.17, 15) is 4.79 Å². The van der Waals surface area contributed by atoms with E-state index < -0.39 is 0 Å². The number of benzene rings is 1. The van der Waals surface area contributed by atoms with Crippen molar-refractivity contribution in [2.24, 2.45) is 0 Å². The molecular weight excluding hydrogens is 366 g/mol. The van der Waals surface area contributed by atoms with Crippen LogP contribution in [0.15, 0.2) is 36.4 Å². The molecule has 3 heterocycles. The van der Waals surface area contributed by atoms with Gasteiger partial charge in [-0.3, -0.25) is 0 Å². The molecule has 1 aromatic carbocycles. The molecule has 140 valence electrons. The SMILES string of the molecule is Cc1nnc2ccc(N3CCCN(C(=O)Nc4ccc(Cl)cc4)CC3)nn12. The minimum atomic E-state index is -0.0998. The first-order valence-corrected chi connectivity index (χ1v) is 9.23. The summed E-state index contributed by atoms with van der Waals surface area (Å²) in [6.07, 6.45) is 0.870. The number of rotatable bonds is 2. The average Bonchev–Trinajstić information content (AvgIpc) is 2.89. The third-order valence-electron chi connectivity index (χ3n) is 4.61. The molecule has 0 aliphatic carbocycles. The highest BCUT2D eigenvalue weighted by Crippen LogP contribution is 2.17. The summed E-state index contributed by atoms with van der Waals surface area (Å²) >= 11 is 5.89. The minimum absolute atomic E-state index is 0.0998. The fraction of sp³-hybridized carbons (Fsp3) is 0.333. The van der Waals surface area contributed by atoms with Crippen LogP contribution in [-0.2, 0) is 0 Å². The van der Waals surface area contributed by atoms with Crippen LogP contribution in [0.1, 0.15) is 12.2 Å². The van der Waals surface area contributed by atoms with Crippen LogP contribution in [-0.4, -0.2) is 56.9 Å². The lowest BCUT2D eigenvalue weighted by molar-refractivity contribution is 0.215. The van der Waals surface area contributed by atoms with Crippen molar-refractivity contribution in [1.82, 2.24) is 24.7 Å². The summed E-state index contributed by atoms with van der Waals surface area (Å²) < 4.78 is 1.74. The van der Waals surface area contributed by atoms with Gasteiger partial charge in [0.15, 0.2) is 11.5 Å². The van der Waals surface area contributed by atoms with Crippen LogP contribution < -0.4 is 10.2 Å². The van der Waals surface area contributed by atoms with Crippen molar-refractivity contribution in [3.8, 4) is 0 Å². The second-order valence-electron chi connectivity index (χ2n) is 6.47. The molecule has 2 amide bonds. The number of nitrogens with one attached hydrogen (secondary N) is 1. The fourth-order valence-electron chi connectivity index (χ4n) is 3.14. The zero-order chi connectivity index (χ0) is 18.8. The second-order valence-corrected chi connectivity index (χ2v) is 6.91. The van der Waals surface area contributed by atoms with Gasteiger partial charge in [0.1, 0.15) is 5.82 Å². The summed E-state index contributed by atoms with van der Waals surface area (Å²) in [5.41, 5.74) is 1.47. The zero-order valence-electron chi connectivity index (χ0n) is 15.0. The lowest BCUT2D eigenvalue weighted by Gasteiger charge is -2.23. The van der Waals surface area contributed by atoms with Gasteiger partial charge in [0.05, 0.1) is 0 Å². The summed E-state index contributed by atoms with van der Waals surface area (Å²) in [4.78, 5) is 16.6. The van der Waals surface area contributed by atoms with Gasteiger partial charge < -0.3 is 15.1 Å². The molecule has 0 unspecified atom stereocenters. The van der Waals surface area contributed by atoms with Crippen LogP contribution >= 0.6 is 11.6 Å². The summed E-state index contributed by atoms with van der Waals surface area (Å²) in [6.45, 7) is 4.75. The Balaban J connectivity index is 1.42. The fourth-order valence-corrected chi connectivity index (χ4v) is 3.27. The Bertz CT molecular complexity index is 956. The van der Waals surface area contributed by atoms with Crippen molar-refractivity contribution >= 4 is 34.8 Å². The first kappa shape index (κ1) is 17.5. The molecule has 1 fully saturated rings. The molecule has 0 bridgehead atoms. The van der Waals surface area contributed by atoms with Crippen molar-refractivity contribution in [1.29, 1.82) is 0 Å². The van der Waals surface area contributed by atoms with Crippen molar-refractivity contribution in [3.05, 3.63) is 47.2 Å². The highest BCUT2D eigenvalue weighted by Gasteiger charge is 2.20. The first-order valence-electron chi connectivity index (χ1n) is 8.86. The van der Waals surface area contributed by atoms with Crippen LogP contribution in [0.3, 0.4) is 0 Å². The summed E-state index contributed by atoms with van der Waals surface area (Å²) in [5, 5.41) is 16.3. The van der Waals surface area contributed by atoms with E-state index in [0.717, 1.165) is 35.9 Å². The van der Waals surface area contributed by atoms with Crippen molar-refractivity contribution in [3.63, 3.8) is 0 Å². The smallest absolute Gasteiger partial charge is 0.321 e. The number of carbonyl (C=O) groups is 1. The molecule has 1 aliphatic rings. The molecule has 1 aliphatic heterocycles. The maximum Gasteiger partial charge on any atom is 0.321 e. The van der Waals surface area contributed by atoms with E-state index in [2.05, 4.69) is 25.5 Å². The van der Waals surface area contributed by atoms with Crippen LogP contribution in [0, 0.1) is 6.92 Å². The molecule has 2 aromatic heterocycles. The quantitative estimate of drug-likeness (QED) is 0.733. The number of nitrogens with zero attached hydrogens (tertiary/aromatic N) is 6. The summed E-state index contributed by atoms with van der Waals surface area (Å²) in [7, 11) is 0. The van der Waals surface area contributed by atoms with Gasteiger partial charge in [-0.25, -0.2) is 4.79 Å². The van der Waals surface area contributed by atoms with E-state index >= 15 is 0 Å². The number of amides is 2. The number of urea groups is 1. The van der Waals surface area contributed by atoms with E-state index in [1.54, 1.807) is 28.8 Å². The number of fused-ring (bicyclic) bond motifs is 1. The lowest BCUT2D eigenvalue weighted by atomic mass is 10.3. The highest BCUT2D eigenvalue weighted by atomic mass is 35.5. The Morgan fingerprint density at radius 1 is 1.04 bits per heavy atom. The molecule has 1 saturated heterocycles. The largest absolute Gasteiger partial charge is 0.353 e. The number of aromatic nitrogens is 4. The van der Waals surface area contributed by atoms with Crippen molar-refractivity contribution < 1.29 is 4.79 Å². The van der Waals surface area contributed by atoms with Gasteiger partial charge in [0.25, 0.3) is 0 Å². The van der Waals surface area contributed by atoms with Crippen LogP contribution in [0.2, 0.25) is 5.02 Å². The zero-order valence-corrected chi connectivity index (χ0v) is 15.7. The molecule has 3 aromatic rings. The third-order valence-corrected chi connectivity index (χ3v) is 4.86. The van der Waals surface area contributed by atoms with Crippen molar-refractivity contribution in [2.75, 3.05) is 36.4 Å². The number of anilines is 2. The standard InChI is InChI=1S/C18H20ClN7O/c1-13-21-22-16-7-8-17(23-26(13)16)24-9-2-10-25(12-11-24)18(27)20-15-5-3-14(19)4-6-15/h3-8H,2,9-12H2,1H3,(H,20,27). The molecule has 0 saturated carbocycles. The van der Waals surface area contributed by atoms with Gasteiger partial charge in [-0.1, -0.05) is 11.6 Å². The predicted molar refractivity (Wildman–Crippen MR) is 104 cm³/mol. The molecule has 8 nitrogen and oxygen atoms in total. The topological polar surface area (TPSA) is 78.7 Å². The normalized spacial score (nSPS) is 15.0. The number of carbonyl (C=O) groups excluding carboxylic acids is 1. The molecule has 9 heteroatoms. The van der Waals surface area contributed by atoms with Gasteiger partial charge in [0, 0.05) is 36.9 Å². The number of hydrogen-bond donors (Lipinski definition) is 1. The third kappa shape index (κ3) is 3.80. The van der Waals surface area contributed by atoms with Crippen LogP contribution in [0.4, 0.5) is 16.3 Å². The molecule has 0 atom stereocenters. The second kappa shape index (κ2) is 7.40. The van der Waals surface area contributed by atoms with E-state index in [4.69, 9.17) is 11.6 Å². The van der Waals surface area contributed by atoms with E-state index in [1.807, 2.05) is 24.0 Å². The number of hydrogen-bond acceptors (Lipinski definition) is 5. The predicted octanol–water partition coefficient (Wildman–Crippen LogP) is 2.83. The van der Waals surface area contributed by atoms with E-state index in [0.29, 0.717) is 24.7 Å². The average molecular weight is 386 g/mol. The van der Waals surface area contributed by atoms with Gasteiger partial charge in [0.2, 0.25) is 0 Å². The lowest BCUT2D eigenvalue weighted by Crippen LogP contribution is -2.38. The Hall–Kier alpha value is -2.87. The molecular formula is C18H20ClN7O. The number of halogens is 1. The molecule has 27 heavy (non-hydrogen) atoms. The van der Waals surface area contributed by atoms with Gasteiger partial charge in [-0.15, -0.1) is 15.3 Å². The first-order chi connectivity index (χ1) is 13.1. The van der Waals surface area contributed by atoms with Gasteiger partial charge >= 0.3 is 6.03 Å². The molecule has 1 N–H and O–H groups in total. The molecule has 4 rings (SSSR count). The van der Waals surface area contributed by atoms with Crippen LogP contribution in [0.5, 0.6) is 0 Å². The van der Waals surface area contributed by atoms with Gasteiger partial charge in [-0.2, -0.15) is 4.52 Å². The monoisotopic (exact) mass is 385 g/mol. The Morgan fingerprint density at radius 3 is 2.67 bits per heavy atom. The molecule has 0 spiro atoms. The molecule has 0 radical (unpaired) electrons. The Kier molecular flexibility index (Phi) is 4.81. The maximum absolute atomic E-state index is 12.6. The highest BCUT2D eigenvalue weighted by molar-refractivity contribution is 6.30. The summed E-state index contributed by atoms with van der Waals surface area (Å²) in [5.74, 6) is 1.62. The van der Waals surface area contributed by atoms with Crippen molar-refractivity contribution in [2.45, 2.75) is 13.3 Å². The maximum atomic E-state index is 12.6.